The van der Waals surface area contributed by atoms with Crippen LogP contribution in [-0.2, 0) is 23.9 Å². The van der Waals surface area contributed by atoms with Gasteiger partial charge >= 0.3 is 11.9 Å². The van der Waals surface area contributed by atoms with Gasteiger partial charge in [-0.2, -0.15) is 0 Å². The first-order valence-electron chi connectivity index (χ1n) is 11.6. The third-order valence-electron chi connectivity index (χ3n) is 6.86. The van der Waals surface area contributed by atoms with Crippen molar-refractivity contribution in [3.63, 3.8) is 0 Å². The maximum absolute atomic E-state index is 12.8. The smallest absolute Gasteiger partial charge is 0.337 e. The van der Waals surface area contributed by atoms with Gasteiger partial charge in [-0.25, -0.2) is 4.79 Å². The molecule has 9 heteroatoms. The van der Waals surface area contributed by atoms with Crippen molar-refractivity contribution in [3.05, 3.63) is 52.8 Å². The van der Waals surface area contributed by atoms with Crippen molar-refractivity contribution in [2.24, 2.45) is 11.8 Å². The number of imide groups is 1. The Hall–Kier alpha value is -3.75. The van der Waals surface area contributed by atoms with E-state index in [9.17, 15) is 24.0 Å². The van der Waals surface area contributed by atoms with Gasteiger partial charge in [0.15, 0.2) is 6.61 Å². The molecule has 4 rings (SSSR count). The van der Waals surface area contributed by atoms with Crippen LogP contribution >= 0.6 is 0 Å². The molecule has 0 N–H and O–H groups in total. The van der Waals surface area contributed by atoms with Crippen molar-refractivity contribution in [2.45, 2.75) is 39.5 Å². The fourth-order valence-electron chi connectivity index (χ4n) is 5.09. The zero-order valence-electron chi connectivity index (χ0n) is 20.0. The van der Waals surface area contributed by atoms with Crippen LogP contribution in [-0.4, -0.2) is 59.3 Å². The summed E-state index contributed by atoms with van der Waals surface area (Å²) in [4.78, 5) is 62.9. The fraction of sp³-hybridized carbons (Fsp3) is 0.423. The molecule has 35 heavy (non-hydrogen) atoms. The number of carbonyl (C=O) groups excluding carboxylic acids is 5. The topological polar surface area (TPSA) is 112 Å². The molecule has 2 aliphatic rings. The number of methoxy groups -OCH3 is 1. The lowest BCUT2D eigenvalue weighted by Gasteiger charge is -2.19. The number of Topliss-reactive ketones (excluding diaryl/α,β-unsaturated/α-hetero) is 1. The summed E-state index contributed by atoms with van der Waals surface area (Å²) in [6.07, 6.45) is 3.14. The third kappa shape index (κ3) is 4.62. The lowest BCUT2D eigenvalue weighted by atomic mass is 9.81. The molecule has 2 heterocycles. The number of aromatic nitrogens is 1. The van der Waals surface area contributed by atoms with Crippen molar-refractivity contribution >= 4 is 29.5 Å². The first-order valence-corrected chi connectivity index (χ1v) is 11.6. The monoisotopic (exact) mass is 480 g/mol. The minimum Gasteiger partial charge on any atom is -0.465 e. The molecule has 1 saturated carbocycles. The van der Waals surface area contributed by atoms with E-state index in [2.05, 4.69) is 0 Å². The number of ether oxygens (including phenoxy) is 2. The van der Waals surface area contributed by atoms with Gasteiger partial charge < -0.3 is 14.0 Å². The second-order valence-corrected chi connectivity index (χ2v) is 9.00. The van der Waals surface area contributed by atoms with Gasteiger partial charge in [0.25, 0.3) is 0 Å². The lowest BCUT2D eigenvalue weighted by molar-refractivity contribution is -0.152. The zero-order valence-corrected chi connectivity index (χ0v) is 20.0. The number of aryl methyl sites for hydroxylation is 1. The quantitative estimate of drug-likeness (QED) is 0.340. The highest BCUT2D eigenvalue weighted by molar-refractivity contribution is 6.07. The van der Waals surface area contributed by atoms with Crippen LogP contribution in [0.15, 0.2) is 30.3 Å². The number of ketones is 1. The number of esters is 2. The molecule has 2 fully saturated rings. The molecule has 2 aromatic rings. The van der Waals surface area contributed by atoms with E-state index in [0.29, 0.717) is 29.7 Å². The van der Waals surface area contributed by atoms with E-state index in [4.69, 9.17) is 9.47 Å². The number of fused-ring (bicyclic) bond motifs is 1. The zero-order chi connectivity index (χ0) is 25.3. The van der Waals surface area contributed by atoms with Crippen molar-refractivity contribution in [2.75, 3.05) is 20.3 Å². The Balaban J connectivity index is 1.40. The minimum atomic E-state index is -0.786. The number of rotatable bonds is 7. The van der Waals surface area contributed by atoms with E-state index in [0.717, 1.165) is 29.1 Å². The highest BCUT2D eigenvalue weighted by Gasteiger charge is 2.48. The summed E-state index contributed by atoms with van der Waals surface area (Å²) in [5.74, 6) is -2.92. The summed E-state index contributed by atoms with van der Waals surface area (Å²) < 4.78 is 11.7. The highest BCUT2D eigenvalue weighted by atomic mass is 16.5. The van der Waals surface area contributed by atoms with Crippen LogP contribution in [0.5, 0.6) is 0 Å². The van der Waals surface area contributed by atoms with Crippen molar-refractivity contribution < 1.29 is 33.4 Å². The number of likely N-dealkylation sites (tertiary alicyclic amines) is 1. The van der Waals surface area contributed by atoms with Crippen LogP contribution in [0, 0.1) is 25.7 Å². The van der Waals surface area contributed by atoms with Gasteiger partial charge in [0.1, 0.15) is 6.54 Å². The summed E-state index contributed by atoms with van der Waals surface area (Å²) in [5, 5.41) is 0. The molecule has 2 atom stereocenters. The Morgan fingerprint density at radius 2 is 1.57 bits per heavy atom. The van der Waals surface area contributed by atoms with E-state index in [1.807, 2.05) is 11.5 Å². The van der Waals surface area contributed by atoms with Crippen LogP contribution in [0.1, 0.15) is 57.8 Å². The SMILES string of the molecule is COC(=O)c1ccc(-n2c(C)cc(C(=O)COC(=O)CN3C(=O)C4CCCCC4C3=O)c2C)cc1. The lowest BCUT2D eigenvalue weighted by Crippen LogP contribution is -2.37. The van der Waals surface area contributed by atoms with Crippen molar-refractivity contribution in [3.8, 4) is 5.69 Å². The molecule has 9 nitrogen and oxygen atoms in total. The van der Waals surface area contributed by atoms with Gasteiger partial charge in [-0.15, -0.1) is 0 Å². The molecule has 0 spiro atoms. The van der Waals surface area contributed by atoms with Crippen LogP contribution in [0.25, 0.3) is 5.69 Å². The Labute approximate surface area is 203 Å². The maximum atomic E-state index is 12.8. The van der Waals surface area contributed by atoms with E-state index in [-0.39, 0.29) is 23.7 Å². The van der Waals surface area contributed by atoms with Gasteiger partial charge in [-0.3, -0.25) is 24.1 Å². The Morgan fingerprint density at radius 3 is 2.14 bits per heavy atom. The highest BCUT2D eigenvalue weighted by Crippen LogP contribution is 2.37. The number of nitrogens with zero attached hydrogens (tertiary/aromatic N) is 2. The van der Waals surface area contributed by atoms with Gasteiger partial charge in [0.05, 0.1) is 24.5 Å². The molecular weight excluding hydrogens is 452 g/mol. The number of hydrogen-bond donors (Lipinski definition) is 0. The summed E-state index contributed by atoms with van der Waals surface area (Å²) in [6, 6.07) is 8.49. The van der Waals surface area contributed by atoms with Crippen LogP contribution in [0.4, 0.5) is 0 Å². The van der Waals surface area contributed by atoms with Crippen LogP contribution < -0.4 is 0 Å². The molecule has 1 saturated heterocycles. The Morgan fingerprint density at radius 1 is 0.971 bits per heavy atom. The van der Waals surface area contributed by atoms with Gasteiger partial charge in [0, 0.05) is 22.6 Å². The predicted molar refractivity (Wildman–Crippen MR) is 124 cm³/mol. The van der Waals surface area contributed by atoms with Crippen molar-refractivity contribution in [1.29, 1.82) is 0 Å². The van der Waals surface area contributed by atoms with Crippen LogP contribution in [0.3, 0.4) is 0 Å². The first-order chi connectivity index (χ1) is 16.7. The molecule has 0 radical (unpaired) electrons. The average molecular weight is 481 g/mol. The standard InChI is InChI=1S/C26H28N2O7/c1-15-12-21(16(2)28(15)18-10-8-17(9-11-18)26(33)34-3)22(29)14-35-23(30)13-27-24(31)19-6-4-5-7-20(19)25(27)32/h8-12,19-20H,4-7,13-14H2,1-3H3. The molecule has 2 amide bonds. The van der Waals surface area contributed by atoms with E-state index in [1.165, 1.54) is 7.11 Å². The summed E-state index contributed by atoms with van der Waals surface area (Å²) in [6.45, 7) is 2.66. The summed E-state index contributed by atoms with van der Waals surface area (Å²) in [5.41, 5.74) is 3.02. The fourth-order valence-corrected chi connectivity index (χ4v) is 5.09. The molecule has 2 unspecified atom stereocenters. The number of benzene rings is 1. The number of hydrogen-bond acceptors (Lipinski definition) is 7. The average Bonchev–Trinajstić information content (AvgIpc) is 3.30. The molecular formula is C26H28N2O7. The van der Waals surface area contributed by atoms with E-state index >= 15 is 0 Å². The number of carbonyl (C=O) groups is 5. The van der Waals surface area contributed by atoms with E-state index < -0.39 is 30.9 Å². The molecule has 184 valence electrons. The molecule has 1 aromatic carbocycles. The normalized spacial score (nSPS) is 19.5. The summed E-state index contributed by atoms with van der Waals surface area (Å²) >= 11 is 0. The molecule has 1 aliphatic carbocycles. The number of amides is 2. The van der Waals surface area contributed by atoms with Gasteiger partial charge in [-0.05, 0) is 57.0 Å². The largest absolute Gasteiger partial charge is 0.465 e. The summed E-state index contributed by atoms with van der Waals surface area (Å²) in [7, 11) is 1.31. The first kappa shape index (κ1) is 24.4. The molecule has 0 bridgehead atoms. The Kier molecular flexibility index (Phi) is 6.86. The van der Waals surface area contributed by atoms with Gasteiger partial charge in [-0.1, -0.05) is 12.8 Å². The predicted octanol–water partition coefficient (Wildman–Crippen LogP) is 2.78. The minimum absolute atomic E-state index is 0.315. The van der Waals surface area contributed by atoms with Gasteiger partial charge in [0.2, 0.25) is 17.6 Å². The second-order valence-electron chi connectivity index (χ2n) is 9.00. The maximum Gasteiger partial charge on any atom is 0.337 e. The Bertz CT molecular complexity index is 1170. The van der Waals surface area contributed by atoms with Crippen LogP contribution in [0.2, 0.25) is 0 Å². The van der Waals surface area contributed by atoms with Crippen molar-refractivity contribution in [1.82, 2.24) is 9.47 Å². The third-order valence-corrected chi connectivity index (χ3v) is 6.86. The van der Waals surface area contributed by atoms with E-state index in [1.54, 1.807) is 37.3 Å². The molecule has 1 aliphatic heterocycles. The second kappa shape index (κ2) is 9.85. The molecule has 1 aromatic heterocycles.